The number of fused-ring (bicyclic) bond motifs is 3. The maximum Gasteiger partial charge on any atom is 0.331 e. The van der Waals surface area contributed by atoms with Crippen molar-refractivity contribution in [3.8, 4) is 22.6 Å². The van der Waals surface area contributed by atoms with Crippen molar-refractivity contribution in [1.29, 1.82) is 0 Å². The van der Waals surface area contributed by atoms with Crippen molar-refractivity contribution in [2.75, 3.05) is 20.8 Å². The molecule has 0 aliphatic heterocycles. The molecule has 0 unspecified atom stereocenters. The van der Waals surface area contributed by atoms with Crippen molar-refractivity contribution < 1.29 is 23.8 Å². The Morgan fingerprint density at radius 2 is 1.65 bits per heavy atom. The Balaban J connectivity index is 1.38. The van der Waals surface area contributed by atoms with Crippen LogP contribution in [0.5, 0.6) is 11.5 Å². The van der Waals surface area contributed by atoms with Crippen molar-refractivity contribution >= 4 is 17.8 Å². The molecule has 3 aromatic rings. The van der Waals surface area contributed by atoms with Crippen LogP contribution < -0.4 is 9.47 Å². The number of rotatable bonds is 7. The summed E-state index contributed by atoms with van der Waals surface area (Å²) in [5.74, 6) is 0.339. The lowest BCUT2D eigenvalue weighted by Crippen LogP contribution is -2.12. The van der Waals surface area contributed by atoms with E-state index in [4.69, 9.17) is 14.2 Å². The molecule has 1 aliphatic rings. The molecule has 0 bridgehead atoms. The first-order valence-electron chi connectivity index (χ1n) is 9.90. The highest BCUT2D eigenvalue weighted by atomic mass is 16.5. The lowest BCUT2D eigenvalue weighted by Gasteiger charge is -2.07. The molecule has 1 aliphatic carbocycles. The van der Waals surface area contributed by atoms with Gasteiger partial charge in [-0.2, -0.15) is 0 Å². The van der Waals surface area contributed by atoms with Crippen LogP contribution in [0.25, 0.3) is 17.2 Å². The highest BCUT2D eigenvalue weighted by Crippen LogP contribution is 2.36. The smallest absolute Gasteiger partial charge is 0.331 e. The van der Waals surface area contributed by atoms with Gasteiger partial charge in [-0.1, -0.05) is 42.5 Å². The maximum atomic E-state index is 12.6. The van der Waals surface area contributed by atoms with Crippen LogP contribution in [0.15, 0.2) is 66.7 Å². The van der Waals surface area contributed by atoms with Crippen molar-refractivity contribution in [2.24, 2.45) is 0 Å². The van der Waals surface area contributed by atoms with Gasteiger partial charge in [-0.05, 0) is 58.5 Å². The Morgan fingerprint density at radius 3 is 2.45 bits per heavy atom. The van der Waals surface area contributed by atoms with Gasteiger partial charge in [-0.25, -0.2) is 4.79 Å². The number of hydrogen-bond acceptors (Lipinski definition) is 5. The van der Waals surface area contributed by atoms with Gasteiger partial charge in [0, 0.05) is 11.6 Å². The molecule has 0 N–H and O–H groups in total. The number of benzene rings is 3. The van der Waals surface area contributed by atoms with E-state index in [0.29, 0.717) is 17.1 Å². The zero-order chi connectivity index (χ0) is 21.8. The number of hydrogen-bond donors (Lipinski definition) is 0. The van der Waals surface area contributed by atoms with Crippen LogP contribution in [-0.4, -0.2) is 32.6 Å². The van der Waals surface area contributed by atoms with Crippen molar-refractivity contribution in [3.05, 3.63) is 89.0 Å². The average Bonchev–Trinajstić information content (AvgIpc) is 3.18. The van der Waals surface area contributed by atoms with Gasteiger partial charge >= 0.3 is 5.97 Å². The molecule has 0 fully saturated rings. The van der Waals surface area contributed by atoms with E-state index in [9.17, 15) is 9.59 Å². The Morgan fingerprint density at radius 1 is 0.871 bits per heavy atom. The fraction of sp³-hybridized carbons (Fsp3) is 0.154. The van der Waals surface area contributed by atoms with Gasteiger partial charge in [0.1, 0.15) is 0 Å². The molecule has 0 aromatic heterocycles. The normalized spacial score (nSPS) is 11.7. The molecule has 0 saturated heterocycles. The summed E-state index contributed by atoms with van der Waals surface area (Å²) < 4.78 is 15.6. The number of esters is 1. The molecule has 3 aromatic carbocycles. The monoisotopic (exact) mass is 414 g/mol. The predicted octanol–water partition coefficient (Wildman–Crippen LogP) is 4.71. The molecule has 5 nitrogen and oxygen atoms in total. The lowest BCUT2D eigenvalue weighted by atomic mass is 10.0. The Kier molecular flexibility index (Phi) is 5.85. The number of carbonyl (C=O) groups excluding carboxylic acids is 2. The van der Waals surface area contributed by atoms with Crippen LogP contribution >= 0.6 is 0 Å². The summed E-state index contributed by atoms with van der Waals surface area (Å²) in [5, 5.41) is 0. The number of carbonyl (C=O) groups is 2. The van der Waals surface area contributed by atoms with E-state index in [1.54, 1.807) is 44.6 Å². The van der Waals surface area contributed by atoms with E-state index in [-0.39, 0.29) is 12.4 Å². The topological polar surface area (TPSA) is 61.8 Å². The van der Waals surface area contributed by atoms with Gasteiger partial charge in [0.25, 0.3) is 0 Å². The van der Waals surface area contributed by atoms with E-state index in [1.165, 1.54) is 17.2 Å². The van der Waals surface area contributed by atoms with Crippen LogP contribution in [0.3, 0.4) is 0 Å². The summed E-state index contributed by atoms with van der Waals surface area (Å²) in [7, 11) is 3.10. The third-order valence-electron chi connectivity index (χ3n) is 5.29. The first-order chi connectivity index (χ1) is 15.1. The lowest BCUT2D eigenvalue weighted by molar-refractivity contribution is -0.136. The van der Waals surface area contributed by atoms with E-state index in [2.05, 4.69) is 12.1 Å². The predicted molar refractivity (Wildman–Crippen MR) is 119 cm³/mol. The fourth-order valence-corrected chi connectivity index (χ4v) is 3.69. The molecule has 0 spiro atoms. The van der Waals surface area contributed by atoms with Crippen LogP contribution in [0.1, 0.15) is 27.0 Å². The quantitative estimate of drug-likeness (QED) is 0.249. The average molecular weight is 414 g/mol. The van der Waals surface area contributed by atoms with Gasteiger partial charge in [-0.3, -0.25) is 4.79 Å². The largest absolute Gasteiger partial charge is 0.493 e. The molecule has 5 heteroatoms. The number of ketones is 1. The van der Waals surface area contributed by atoms with Crippen LogP contribution in [0.2, 0.25) is 0 Å². The van der Waals surface area contributed by atoms with Gasteiger partial charge in [-0.15, -0.1) is 0 Å². The van der Waals surface area contributed by atoms with Gasteiger partial charge in [0.15, 0.2) is 23.9 Å². The third kappa shape index (κ3) is 4.36. The summed E-state index contributed by atoms with van der Waals surface area (Å²) >= 11 is 0. The molecule has 0 radical (unpaired) electrons. The molecule has 0 atom stereocenters. The van der Waals surface area contributed by atoms with E-state index in [0.717, 1.165) is 23.1 Å². The molecule has 156 valence electrons. The zero-order valence-corrected chi connectivity index (χ0v) is 17.4. The number of ether oxygens (including phenoxy) is 3. The van der Waals surface area contributed by atoms with Crippen LogP contribution in [0, 0.1) is 0 Å². The van der Waals surface area contributed by atoms with E-state index >= 15 is 0 Å². The molecule has 31 heavy (non-hydrogen) atoms. The van der Waals surface area contributed by atoms with Crippen molar-refractivity contribution in [2.45, 2.75) is 6.42 Å². The summed E-state index contributed by atoms with van der Waals surface area (Å²) in [4.78, 5) is 24.6. The minimum atomic E-state index is -0.588. The van der Waals surface area contributed by atoms with E-state index in [1.807, 2.05) is 24.3 Å². The molecular formula is C26H22O5. The van der Waals surface area contributed by atoms with Gasteiger partial charge in [0.2, 0.25) is 0 Å². The van der Waals surface area contributed by atoms with Crippen LogP contribution in [0.4, 0.5) is 0 Å². The molecule has 0 saturated carbocycles. The first kappa shape index (κ1) is 20.4. The fourth-order valence-electron chi connectivity index (χ4n) is 3.69. The van der Waals surface area contributed by atoms with Gasteiger partial charge in [0.05, 0.1) is 14.2 Å². The first-order valence-corrected chi connectivity index (χ1v) is 9.90. The Labute approximate surface area is 180 Å². The summed E-state index contributed by atoms with van der Waals surface area (Å²) in [5.41, 5.74) is 5.97. The Bertz CT molecular complexity index is 1180. The molecule has 0 amide bonds. The number of methoxy groups -OCH3 is 2. The standard InChI is InChI=1S/C26H22O5/c1-29-24-11-7-17(13-25(24)30-2)8-12-26(28)31-16-23(27)20-10-9-19-14-18-5-3-4-6-21(18)22(19)15-20/h3-13,15H,14,16H2,1-2H3/b12-8+. The summed E-state index contributed by atoms with van der Waals surface area (Å²) in [6.45, 7) is -0.310. The third-order valence-corrected chi connectivity index (χ3v) is 5.29. The minimum Gasteiger partial charge on any atom is -0.493 e. The van der Waals surface area contributed by atoms with Crippen molar-refractivity contribution in [3.63, 3.8) is 0 Å². The Hall–Kier alpha value is -3.86. The number of Topliss-reactive ketones (excluding diaryl/α,β-unsaturated/α-hetero) is 1. The second-order valence-corrected chi connectivity index (χ2v) is 7.18. The second-order valence-electron chi connectivity index (χ2n) is 7.18. The summed E-state index contributed by atoms with van der Waals surface area (Å²) in [6.07, 6.45) is 3.75. The maximum absolute atomic E-state index is 12.6. The molecule has 4 rings (SSSR count). The van der Waals surface area contributed by atoms with E-state index < -0.39 is 5.97 Å². The zero-order valence-electron chi connectivity index (χ0n) is 17.4. The SMILES string of the molecule is COc1ccc(/C=C/C(=O)OCC(=O)c2ccc3c(c2)-c2ccccc2C3)cc1OC. The van der Waals surface area contributed by atoms with Gasteiger partial charge < -0.3 is 14.2 Å². The highest BCUT2D eigenvalue weighted by molar-refractivity contribution is 6.00. The van der Waals surface area contributed by atoms with Crippen LogP contribution in [-0.2, 0) is 16.0 Å². The minimum absolute atomic E-state index is 0.236. The highest BCUT2D eigenvalue weighted by Gasteiger charge is 2.19. The molecule has 0 heterocycles. The summed E-state index contributed by atoms with van der Waals surface area (Å²) in [6, 6.07) is 19.1. The molecular weight excluding hydrogens is 392 g/mol. The van der Waals surface area contributed by atoms with Crippen molar-refractivity contribution in [1.82, 2.24) is 0 Å². The second kappa shape index (κ2) is 8.88.